The topological polar surface area (TPSA) is 76.2 Å². The van der Waals surface area contributed by atoms with Crippen LogP contribution in [0.15, 0.2) is 82.6 Å². The molecule has 6 nitrogen and oxygen atoms in total. The minimum Gasteiger partial charge on any atom is -0.454 e. The number of rotatable bonds is 5. The molecule has 0 atom stereocenters. The van der Waals surface area contributed by atoms with Crippen molar-refractivity contribution in [1.82, 2.24) is 10.2 Å². The van der Waals surface area contributed by atoms with Gasteiger partial charge in [-0.15, -0.1) is 0 Å². The fourth-order valence-corrected chi connectivity index (χ4v) is 4.15. The van der Waals surface area contributed by atoms with E-state index in [9.17, 15) is 4.79 Å². The number of para-hydroxylation sites is 1. The first-order valence-corrected chi connectivity index (χ1v) is 10.6. The number of H-pyrrole nitrogens is 1. The van der Waals surface area contributed by atoms with Crippen LogP contribution >= 0.6 is 23.4 Å². The molecule has 3 aromatic carbocycles. The minimum absolute atomic E-state index is 0.209. The molecule has 0 saturated heterocycles. The SMILES string of the molecule is O=C(Nc1ccccc1Sc1ccc(Cl)cc1)c1cc(-c2ccc3c(c2)OCO3)n[nH]1. The Hall–Kier alpha value is -3.42. The van der Waals surface area contributed by atoms with Crippen LogP contribution in [0.3, 0.4) is 0 Å². The quantitative estimate of drug-likeness (QED) is 0.399. The number of amides is 1. The molecule has 31 heavy (non-hydrogen) atoms. The van der Waals surface area contributed by atoms with Gasteiger partial charge in [0.15, 0.2) is 11.5 Å². The van der Waals surface area contributed by atoms with Crippen molar-refractivity contribution in [2.24, 2.45) is 0 Å². The number of nitrogens with zero attached hydrogens (tertiary/aromatic N) is 1. The summed E-state index contributed by atoms with van der Waals surface area (Å²) in [5.74, 6) is 1.09. The lowest BCUT2D eigenvalue weighted by molar-refractivity contribution is 0.102. The molecule has 5 rings (SSSR count). The average Bonchev–Trinajstić information content (AvgIpc) is 3.46. The van der Waals surface area contributed by atoms with E-state index in [0.717, 1.165) is 15.4 Å². The third-order valence-electron chi connectivity index (χ3n) is 4.67. The second-order valence-corrected chi connectivity index (χ2v) is 8.29. The number of hydrogen-bond acceptors (Lipinski definition) is 5. The maximum absolute atomic E-state index is 12.8. The van der Waals surface area contributed by atoms with Gasteiger partial charge in [0.1, 0.15) is 5.69 Å². The average molecular weight is 450 g/mol. The van der Waals surface area contributed by atoms with E-state index in [-0.39, 0.29) is 12.7 Å². The Kier molecular flexibility index (Phi) is 5.28. The van der Waals surface area contributed by atoms with Crippen LogP contribution in [0.2, 0.25) is 5.02 Å². The van der Waals surface area contributed by atoms with Crippen molar-refractivity contribution < 1.29 is 14.3 Å². The number of benzene rings is 3. The third kappa shape index (κ3) is 4.23. The molecule has 154 valence electrons. The molecule has 1 aliphatic heterocycles. The second-order valence-electron chi connectivity index (χ2n) is 6.74. The summed E-state index contributed by atoms with van der Waals surface area (Å²) in [5.41, 5.74) is 2.55. The zero-order chi connectivity index (χ0) is 21.2. The van der Waals surface area contributed by atoms with Crippen molar-refractivity contribution in [3.05, 3.63) is 83.5 Å². The van der Waals surface area contributed by atoms with E-state index >= 15 is 0 Å². The van der Waals surface area contributed by atoms with Gasteiger partial charge in [0.2, 0.25) is 6.79 Å². The van der Waals surface area contributed by atoms with Crippen LogP contribution in [0.25, 0.3) is 11.3 Å². The summed E-state index contributed by atoms with van der Waals surface area (Å²) in [7, 11) is 0. The molecule has 0 bridgehead atoms. The molecule has 1 amide bonds. The second kappa shape index (κ2) is 8.37. The molecule has 1 aromatic heterocycles. The van der Waals surface area contributed by atoms with E-state index in [2.05, 4.69) is 15.5 Å². The van der Waals surface area contributed by atoms with Crippen molar-refractivity contribution in [2.45, 2.75) is 9.79 Å². The van der Waals surface area contributed by atoms with Gasteiger partial charge in [0.25, 0.3) is 5.91 Å². The van der Waals surface area contributed by atoms with E-state index in [4.69, 9.17) is 21.1 Å². The fraction of sp³-hybridized carbons (Fsp3) is 0.0435. The summed E-state index contributed by atoms with van der Waals surface area (Å²) < 4.78 is 10.7. The van der Waals surface area contributed by atoms with Gasteiger partial charge in [-0.1, -0.05) is 35.5 Å². The maximum atomic E-state index is 12.8. The van der Waals surface area contributed by atoms with Gasteiger partial charge in [-0.2, -0.15) is 5.10 Å². The van der Waals surface area contributed by atoms with Crippen LogP contribution in [0.5, 0.6) is 11.5 Å². The largest absolute Gasteiger partial charge is 0.454 e. The molecule has 0 radical (unpaired) electrons. The lowest BCUT2D eigenvalue weighted by Gasteiger charge is -2.10. The summed E-state index contributed by atoms with van der Waals surface area (Å²) in [6, 6.07) is 22.5. The van der Waals surface area contributed by atoms with Crippen LogP contribution in [0.1, 0.15) is 10.5 Å². The van der Waals surface area contributed by atoms with E-state index in [1.54, 1.807) is 17.8 Å². The third-order valence-corrected chi connectivity index (χ3v) is 6.00. The molecule has 0 unspecified atom stereocenters. The first-order chi connectivity index (χ1) is 15.2. The van der Waals surface area contributed by atoms with Crippen LogP contribution in [-0.2, 0) is 0 Å². The Bertz CT molecular complexity index is 1260. The molecule has 2 heterocycles. The molecule has 0 spiro atoms. The summed E-state index contributed by atoms with van der Waals surface area (Å²) in [6.45, 7) is 0.209. The van der Waals surface area contributed by atoms with Crippen LogP contribution in [0.4, 0.5) is 5.69 Å². The van der Waals surface area contributed by atoms with Gasteiger partial charge in [-0.25, -0.2) is 0 Å². The summed E-state index contributed by atoms with van der Waals surface area (Å²) in [4.78, 5) is 14.8. The minimum atomic E-state index is -0.274. The van der Waals surface area contributed by atoms with Crippen molar-refractivity contribution in [3.63, 3.8) is 0 Å². The van der Waals surface area contributed by atoms with E-state index in [1.165, 1.54) is 0 Å². The standard InChI is InChI=1S/C23H16ClN3O3S/c24-15-6-8-16(9-7-15)31-22-4-2-1-3-17(22)25-23(28)19-12-18(26-27-19)14-5-10-20-21(11-14)30-13-29-20/h1-12H,13H2,(H,25,28)(H,26,27). The zero-order valence-electron chi connectivity index (χ0n) is 16.1. The predicted molar refractivity (Wildman–Crippen MR) is 120 cm³/mol. The van der Waals surface area contributed by atoms with E-state index in [0.29, 0.717) is 33.6 Å². The molecule has 1 aliphatic rings. The first-order valence-electron chi connectivity index (χ1n) is 9.45. The predicted octanol–water partition coefficient (Wildman–Crippen LogP) is 5.86. The van der Waals surface area contributed by atoms with Crippen LogP contribution < -0.4 is 14.8 Å². The number of hydrogen-bond donors (Lipinski definition) is 2. The van der Waals surface area contributed by atoms with Crippen molar-refractivity contribution in [3.8, 4) is 22.8 Å². The highest BCUT2D eigenvalue weighted by Crippen LogP contribution is 2.36. The number of carbonyl (C=O) groups excluding carboxylic acids is 1. The highest BCUT2D eigenvalue weighted by atomic mass is 35.5. The Balaban J connectivity index is 1.34. The Morgan fingerprint density at radius 1 is 1.00 bits per heavy atom. The van der Waals surface area contributed by atoms with Gasteiger partial charge in [-0.3, -0.25) is 9.89 Å². The van der Waals surface area contributed by atoms with Crippen molar-refractivity contribution in [2.75, 3.05) is 12.1 Å². The van der Waals surface area contributed by atoms with Gasteiger partial charge in [-0.05, 0) is 60.7 Å². The summed E-state index contributed by atoms with van der Waals surface area (Å²) in [5, 5.41) is 10.7. The van der Waals surface area contributed by atoms with Gasteiger partial charge >= 0.3 is 0 Å². The molecule has 0 aliphatic carbocycles. The number of carbonyl (C=O) groups is 1. The monoisotopic (exact) mass is 449 g/mol. The van der Waals surface area contributed by atoms with Crippen LogP contribution in [0, 0.1) is 0 Å². The fourth-order valence-electron chi connectivity index (χ4n) is 3.12. The number of aromatic amines is 1. The summed E-state index contributed by atoms with van der Waals surface area (Å²) >= 11 is 7.52. The molecule has 4 aromatic rings. The van der Waals surface area contributed by atoms with Crippen molar-refractivity contribution in [1.29, 1.82) is 0 Å². The molecule has 0 saturated carbocycles. The lowest BCUT2D eigenvalue weighted by atomic mass is 10.1. The van der Waals surface area contributed by atoms with Gasteiger partial charge in [0, 0.05) is 20.4 Å². The Labute approximate surface area is 187 Å². The smallest absolute Gasteiger partial charge is 0.273 e. The first kappa shape index (κ1) is 19.5. The Morgan fingerprint density at radius 3 is 2.68 bits per heavy atom. The number of anilines is 1. The molecule has 0 fully saturated rings. The van der Waals surface area contributed by atoms with Gasteiger partial charge in [0.05, 0.1) is 11.4 Å². The highest BCUT2D eigenvalue weighted by molar-refractivity contribution is 7.99. The number of nitrogens with one attached hydrogen (secondary N) is 2. The van der Waals surface area contributed by atoms with E-state index < -0.39 is 0 Å². The summed E-state index contributed by atoms with van der Waals surface area (Å²) in [6.07, 6.45) is 0. The highest BCUT2D eigenvalue weighted by Gasteiger charge is 2.17. The number of fused-ring (bicyclic) bond motifs is 1. The lowest BCUT2D eigenvalue weighted by Crippen LogP contribution is -2.12. The molecular formula is C23H16ClN3O3S. The normalized spacial score (nSPS) is 12.0. The zero-order valence-corrected chi connectivity index (χ0v) is 17.7. The molecular weight excluding hydrogens is 434 g/mol. The maximum Gasteiger partial charge on any atom is 0.273 e. The van der Waals surface area contributed by atoms with Gasteiger partial charge < -0.3 is 14.8 Å². The number of halogens is 1. The molecule has 8 heteroatoms. The molecule has 2 N–H and O–H groups in total. The Morgan fingerprint density at radius 2 is 1.81 bits per heavy atom. The number of aromatic nitrogens is 2. The van der Waals surface area contributed by atoms with E-state index in [1.807, 2.05) is 66.7 Å². The number of ether oxygens (including phenoxy) is 2. The van der Waals surface area contributed by atoms with Crippen LogP contribution in [-0.4, -0.2) is 22.9 Å². The van der Waals surface area contributed by atoms with Crippen molar-refractivity contribution >= 4 is 35.0 Å².